The average Bonchev–Trinajstić information content (AvgIpc) is 2.69. The number of rotatable bonds is 7. The van der Waals surface area contributed by atoms with Gasteiger partial charge < -0.3 is 10.1 Å². The number of aromatic nitrogens is 1. The van der Waals surface area contributed by atoms with Gasteiger partial charge in [-0.2, -0.15) is 0 Å². The number of hydrogen-bond acceptors (Lipinski definition) is 4. The van der Waals surface area contributed by atoms with Crippen molar-refractivity contribution in [2.24, 2.45) is 0 Å². The van der Waals surface area contributed by atoms with Crippen LogP contribution in [0.1, 0.15) is 31.0 Å². The van der Waals surface area contributed by atoms with Gasteiger partial charge in [0, 0.05) is 30.6 Å². The van der Waals surface area contributed by atoms with E-state index in [2.05, 4.69) is 29.5 Å². The zero-order valence-corrected chi connectivity index (χ0v) is 11.4. The van der Waals surface area contributed by atoms with E-state index in [-0.39, 0.29) is 6.10 Å². The van der Waals surface area contributed by atoms with Gasteiger partial charge in [-0.05, 0) is 33.7 Å². The molecule has 92 valence electrons. The van der Waals surface area contributed by atoms with Crippen molar-refractivity contribution >= 4 is 11.3 Å². The Hall–Kier alpha value is -0.450. The second kappa shape index (κ2) is 6.99. The van der Waals surface area contributed by atoms with Gasteiger partial charge in [0.1, 0.15) is 0 Å². The molecular weight excluding hydrogens is 220 g/mol. The van der Waals surface area contributed by atoms with Crippen LogP contribution in [0.2, 0.25) is 0 Å². The lowest BCUT2D eigenvalue weighted by Crippen LogP contribution is -2.37. The highest BCUT2D eigenvalue weighted by Gasteiger charge is 2.09. The van der Waals surface area contributed by atoms with E-state index in [1.807, 2.05) is 6.92 Å². The molecule has 0 saturated heterocycles. The number of hydrogen-bond donors (Lipinski definition) is 1. The van der Waals surface area contributed by atoms with Crippen molar-refractivity contribution in [1.82, 2.24) is 10.3 Å². The first-order valence-electron chi connectivity index (χ1n) is 5.80. The molecule has 0 fully saturated rings. The van der Waals surface area contributed by atoms with Gasteiger partial charge >= 0.3 is 0 Å². The minimum atomic E-state index is 0.266. The second-order valence-corrected chi connectivity index (χ2v) is 5.11. The molecule has 0 bridgehead atoms. The summed E-state index contributed by atoms with van der Waals surface area (Å²) in [6, 6.07) is 0.406. The van der Waals surface area contributed by atoms with Crippen LogP contribution in [0.5, 0.6) is 0 Å². The Morgan fingerprint density at radius 3 is 2.81 bits per heavy atom. The topological polar surface area (TPSA) is 34.1 Å². The molecule has 0 radical (unpaired) electrons. The Kier molecular flexibility index (Phi) is 5.95. The molecule has 1 rings (SSSR count). The summed E-state index contributed by atoms with van der Waals surface area (Å²) in [7, 11) is 1.75. The molecule has 0 aliphatic heterocycles. The van der Waals surface area contributed by atoms with E-state index < -0.39 is 0 Å². The van der Waals surface area contributed by atoms with E-state index >= 15 is 0 Å². The van der Waals surface area contributed by atoms with E-state index in [1.165, 1.54) is 5.01 Å². The predicted octanol–water partition coefficient (Wildman–Crippen LogP) is 2.40. The monoisotopic (exact) mass is 242 g/mol. The first-order chi connectivity index (χ1) is 7.63. The highest BCUT2D eigenvalue weighted by Crippen LogP contribution is 2.10. The Morgan fingerprint density at radius 1 is 1.50 bits per heavy atom. The molecule has 1 heterocycles. The maximum absolute atomic E-state index is 5.26. The second-order valence-electron chi connectivity index (χ2n) is 4.17. The molecule has 16 heavy (non-hydrogen) atoms. The molecule has 0 amide bonds. The van der Waals surface area contributed by atoms with Gasteiger partial charge in [0.15, 0.2) is 0 Å². The number of nitrogens with one attached hydrogen (secondary N) is 1. The Morgan fingerprint density at radius 2 is 2.25 bits per heavy atom. The van der Waals surface area contributed by atoms with Crippen LogP contribution < -0.4 is 5.32 Å². The van der Waals surface area contributed by atoms with E-state index in [4.69, 9.17) is 4.74 Å². The maximum Gasteiger partial charge on any atom is 0.0928 e. The summed E-state index contributed by atoms with van der Waals surface area (Å²) in [5, 5.41) is 6.81. The summed E-state index contributed by atoms with van der Waals surface area (Å²) in [6.45, 7) is 7.30. The Labute approximate surface area is 102 Å². The molecule has 0 saturated carbocycles. The van der Waals surface area contributed by atoms with E-state index in [9.17, 15) is 0 Å². The fourth-order valence-electron chi connectivity index (χ4n) is 1.46. The maximum atomic E-state index is 5.26. The molecule has 0 spiro atoms. The third kappa shape index (κ3) is 4.60. The summed E-state index contributed by atoms with van der Waals surface area (Å²) >= 11 is 1.76. The SMILES string of the molecule is COC(C)C(C)NCCCc1nc(C)cs1. The van der Waals surface area contributed by atoms with Crippen molar-refractivity contribution in [3.8, 4) is 0 Å². The lowest BCUT2D eigenvalue weighted by Gasteiger charge is -2.19. The number of aryl methyl sites for hydroxylation is 2. The molecular formula is C12H22N2OS. The minimum absolute atomic E-state index is 0.266. The van der Waals surface area contributed by atoms with E-state index in [1.54, 1.807) is 18.4 Å². The zero-order chi connectivity index (χ0) is 12.0. The van der Waals surface area contributed by atoms with Crippen LogP contribution in [0, 0.1) is 6.92 Å². The molecule has 1 aromatic rings. The molecule has 1 aromatic heterocycles. The standard InChI is InChI=1S/C12H22N2OS/c1-9-8-16-12(14-9)6-5-7-13-10(2)11(3)15-4/h8,10-11,13H,5-7H2,1-4H3. The van der Waals surface area contributed by atoms with Crippen LogP contribution in [0.3, 0.4) is 0 Å². The summed E-state index contributed by atoms with van der Waals surface area (Å²) in [4.78, 5) is 4.44. The van der Waals surface area contributed by atoms with E-state index in [0.29, 0.717) is 6.04 Å². The van der Waals surface area contributed by atoms with Crippen molar-refractivity contribution < 1.29 is 4.74 Å². The lowest BCUT2D eigenvalue weighted by molar-refractivity contribution is 0.0888. The Balaban J connectivity index is 2.12. The van der Waals surface area contributed by atoms with Gasteiger partial charge in [0.25, 0.3) is 0 Å². The highest BCUT2D eigenvalue weighted by atomic mass is 32.1. The van der Waals surface area contributed by atoms with Gasteiger partial charge in [-0.1, -0.05) is 0 Å². The van der Waals surface area contributed by atoms with Crippen LogP contribution in [0.4, 0.5) is 0 Å². The molecule has 1 N–H and O–H groups in total. The van der Waals surface area contributed by atoms with Gasteiger partial charge in [-0.25, -0.2) is 4.98 Å². The van der Waals surface area contributed by atoms with E-state index in [0.717, 1.165) is 25.1 Å². The largest absolute Gasteiger partial charge is 0.380 e. The fraction of sp³-hybridized carbons (Fsp3) is 0.750. The molecule has 0 aliphatic rings. The first kappa shape index (κ1) is 13.6. The van der Waals surface area contributed by atoms with Crippen molar-refractivity contribution in [3.63, 3.8) is 0 Å². The number of thiazole rings is 1. The van der Waals surface area contributed by atoms with Gasteiger partial charge in [0.2, 0.25) is 0 Å². The van der Waals surface area contributed by atoms with Crippen LogP contribution in [-0.4, -0.2) is 30.8 Å². The van der Waals surface area contributed by atoms with Crippen molar-refractivity contribution in [2.75, 3.05) is 13.7 Å². The summed E-state index contributed by atoms with van der Waals surface area (Å²) in [5.74, 6) is 0. The normalized spacial score (nSPS) is 15.0. The number of nitrogens with zero attached hydrogens (tertiary/aromatic N) is 1. The van der Waals surface area contributed by atoms with Crippen LogP contribution in [0.15, 0.2) is 5.38 Å². The summed E-state index contributed by atoms with van der Waals surface area (Å²) in [6.07, 6.45) is 2.47. The minimum Gasteiger partial charge on any atom is -0.380 e. The average molecular weight is 242 g/mol. The Bertz CT molecular complexity index is 301. The van der Waals surface area contributed by atoms with Crippen molar-refractivity contribution in [3.05, 3.63) is 16.1 Å². The van der Waals surface area contributed by atoms with Gasteiger partial charge in [-0.15, -0.1) is 11.3 Å². The third-order valence-corrected chi connectivity index (χ3v) is 3.80. The fourth-order valence-corrected chi connectivity index (χ4v) is 2.28. The lowest BCUT2D eigenvalue weighted by atomic mass is 10.2. The first-order valence-corrected chi connectivity index (χ1v) is 6.68. The summed E-state index contributed by atoms with van der Waals surface area (Å²) in [5.41, 5.74) is 1.13. The molecule has 3 nitrogen and oxygen atoms in total. The predicted molar refractivity (Wildman–Crippen MR) is 69.1 cm³/mol. The highest BCUT2D eigenvalue weighted by molar-refractivity contribution is 7.09. The molecule has 2 unspecified atom stereocenters. The molecule has 4 heteroatoms. The van der Waals surface area contributed by atoms with Gasteiger partial charge in [-0.3, -0.25) is 0 Å². The number of ether oxygens (including phenoxy) is 1. The van der Waals surface area contributed by atoms with Crippen LogP contribution >= 0.6 is 11.3 Å². The van der Waals surface area contributed by atoms with Gasteiger partial charge in [0.05, 0.1) is 11.1 Å². The zero-order valence-electron chi connectivity index (χ0n) is 10.6. The van der Waals surface area contributed by atoms with Crippen molar-refractivity contribution in [2.45, 2.75) is 45.8 Å². The molecule has 0 aliphatic carbocycles. The van der Waals surface area contributed by atoms with Crippen LogP contribution in [0.25, 0.3) is 0 Å². The summed E-state index contributed by atoms with van der Waals surface area (Å²) < 4.78 is 5.26. The van der Waals surface area contributed by atoms with Crippen LogP contribution in [-0.2, 0) is 11.2 Å². The van der Waals surface area contributed by atoms with Crippen molar-refractivity contribution in [1.29, 1.82) is 0 Å². The molecule has 0 aromatic carbocycles. The third-order valence-electron chi connectivity index (χ3n) is 2.78. The molecule has 2 atom stereocenters. The smallest absolute Gasteiger partial charge is 0.0928 e. The quantitative estimate of drug-likeness (QED) is 0.746. The number of methoxy groups -OCH3 is 1.